The maximum absolute atomic E-state index is 14.0. The van der Waals surface area contributed by atoms with E-state index in [1.807, 2.05) is 0 Å². The number of carbonyl (C=O) groups is 2. The monoisotopic (exact) mass is 385 g/mol. The standard InChI is InChI=1S/C19H22F3NO4/c1-4-6-12-18(16(24)26-3,19(20,21)22)23(13-5-2)17(25)27-14-15-10-8-7-9-11-15/h4-5,7-11H,1-2,6,12-14H2,3H3. The number of hydrogen-bond donors (Lipinski definition) is 0. The molecule has 0 aliphatic heterocycles. The molecule has 0 saturated heterocycles. The lowest BCUT2D eigenvalue weighted by Gasteiger charge is -2.41. The summed E-state index contributed by atoms with van der Waals surface area (Å²) in [6, 6.07) is 8.45. The van der Waals surface area contributed by atoms with Crippen LogP contribution in [-0.2, 0) is 20.9 Å². The highest BCUT2D eigenvalue weighted by molar-refractivity contribution is 5.87. The molecule has 0 fully saturated rings. The number of ether oxygens (including phenoxy) is 2. The van der Waals surface area contributed by atoms with Gasteiger partial charge in [-0.1, -0.05) is 42.5 Å². The number of benzene rings is 1. The van der Waals surface area contributed by atoms with Gasteiger partial charge in [0.25, 0.3) is 0 Å². The Kier molecular flexibility index (Phi) is 8.08. The number of esters is 1. The second kappa shape index (κ2) is 9.80. The number of nitrogens with zero attached hydrogens (tertiary/aromatic N) is 1. The second-order valence-electron chi connectivity index (χ2n) is 5.62. The van der Waals surface area contributed by atoms with E-state index in [0.717, 1.165) is 13.2 Å². The molecule has 1 amide bonds. The molecule has 8 heteroatoms. The predicted molar refractivity (Wildman–Crippen MR) is 93.8 cm³/mol. The number of allylic oxidation sites excluding steroid dienone is 1. The molecule has 1 atom stereocenters. The number of alkyl halides is 3. The average Bonchev–Trinajstić information content (AvgIpc) is 2.65. The molecule has 0 aromatic heterocycles. The van der Waals surface area contributed by atoms with Crippen molar-refractivity contribution in [3.05, 3.63) is 61.2 Å². The zero-order chi connectivity index (χ0) is 20.5. The smallest absolute Gasteiger partial charge is 0.422 e. The molecule has 1 rings (SSSR count). The van der Waals surface area contributed by atoms with Crippen LogP contribution in [0.25, 0.3) is 0 Å². The summed E-state index contributed by atoms with van der Waals surface area (Å²) < 4.78 is 51.5. The van der Waals surface area contributed by atoms with Crippen molar-refractivity contribution in [1.82, 2.24) is 4.90 Å². The third-order valence-corrected chi connectivity index (χ3v) is 3.90. The van der Waals surface area contributed by atoms with Gasteiger partial charge in [-0.15, -0.1) is 13.2 Å². The van der Waals surface area contributed by atoms with E-state index in [1.54, 1.807) is 30.3 Å². The van der Waals surface area contributed by atoms with E-state index >= 15 is 0 Å². The van der Waals surface area contributed by atoms with Crippen molar-refractivity contribution in [3.63, 3.8) is 0 Å². The normalized spacial score (nSPS) is 13.2. The zero-order valence-corrected chi connectivity index (χ0v) is 15.0. The Morgan fingerprint density at radius 2 is 1.78 bits per heavy atom. The minimum absolute atomic E-state index is 0.172. The van der Waals surface area contributed by atoms with Crippen LogP contribution in [0.5, 0.6) is 0 Å². The fourth-order valence-corrected chi connectivity index (χ4v) is 2.55. The SMILES string of the molecule is C=CCCC(C(=O)OC)(N(CC=C)C(=O)OCc1ccccc1)C(F)(F)F. The summed E-state index contributed by atoms with van der Waals surface area (Å²) in [5.74, 6) is -1.60. The molecule has 0 saturated carbocycles. The van der Waals surface area contributed by atoms with Gasteiger partial charge >= 0.3 is 18.2 Å². The van der Waals surface area contributed by atoms with E-state index in [0.29, 0.717) is 10.5 Å². The van der Waals surface area contributed by atoms with Gasteiger partial charge in [-0.3, -0.25) is 4.90 Å². The molecule has 1 aromatic carbocycles. The van der Waals surface area contributed by atoms with Crippen molar-refractivity contribution >= 4 is 12.1 Å². The zero-order valence-electron chi connectivity index (χ0n) is 15.0. The van der Waals surface area contributed by atoms with Crippen molar-refractivity contribution in [2.24, 2.45) is 0 Å². The number of halogens is 3. The van der Waals surface area contributed by atoms with Crippen LogP contribution in [0.1, 0.15) is 18.4 Å². The average molecular weight is 385 g/mol. The maximum atomic E-state index is 14.0. The van der Waals surface area contributed by atoms with Gasteiger partial charge in [0.2, 0.25) is 5.54 Å². The lowest BCUT2D eigenvalue weighted by molar-refractivity contribution is -0.235. The summed E-state index contributed by atoms with van der Waals surface area (Å²) in [5.41, 5.74) is -2.62. The van der Waals surface area contributed by atoms with Gasteiger partial charge in [-0.25, -0.2) is 9.59 Å². The van der Waals surface area contributed by atoms with Crippen LogP contribution in [0.2, 0.25) is 0 Å². The van der Waals surface area contributed by atoms with Gasteiger partial charge in [0, 0.05) is 6.54 Å². The van der Waals surface area contributed by atoms with Crippen molar-refractivity contribution in [2.75, 3.05) is 13.7 Å². The second-order valence-corrected chi connectivity index (χ2v) is 5.62. The van der Waals surface area contributed by atoms with Crippen LogP contribution in [0.4, 0.5) is 18.0 Å². The Hall–Kier alpha value is -2.77. The predicted octanol–water partition coefficient (Wildman–Crippen LogP) is 4.25. The Labute approximate surface area is 156 Å². The van der Waals surface area contributed by atoms with E-state index in [9.17, 15) is 22.8 Å². The van der Waals surface area contributed by atoms with Gasteiger partial charge in [0.15, 0.2) is 0 Å². The largest absolute Gasteiger partial charge is 0.467 e. The van der Waals surface area contributed by atoms with E-state index in [-0.39, 0.29) is 13.0 Å². The van der Waals surface area contributed by atoms with E-state index in [1.165, 1.54) is 6.08 Å². The third kappa shape index (κ3) is 5.12. The summed E-state index contributed by atoms with van der Waals surface area (Å²) >= 11 is 0. The quantitative estimate of drug-likeness (QED) is 0.471. The molecule has 0 N–H and O–H groups in total. The lowest BCUT2D eigenvalue weighted by atomic mass is 9.90. The first kappa shape index (κ1) is 22.3. The van der Waals surface area contributed by atoms with Crippen molar-refractivity contribution in [1.29, 1.82) is 0 Å². The summed E-state index contributed by atoms with van der Waals surface area (Å²) in [6.07, 6.45) is -5.01. The van der Waals surface area contributed by atoms with Crippen LogP contribution in [0.15, 0.2) is 55.6 Å². The van der Waals surface area contributed by atoms with Gasteiger partial charge < -0.3 is 9.47 Å². The van der Waals surface area contributed by atoms with E-state index < -0.39 is 36.7 Å². The molecule has 0 aliphatic carbocycles. The van der Waals surface area contributed by atoms with Crippen LogP contribution in [0.3, 0.4) is 0 Å². The Bertz CT molecular complexity index is 661. The third-order valence-electron chi connectivity index (χ3n) is 3.90. The number of carbonyl (C=O) groups excluding carboxylic acids is 2. The van der Waals surface area contributed by atoms with Gasteiger partial charge in [0.05, 0.1) is 7.11 Å². The minimum atomic E-state index is -5.10. The van der Waals surface area contributed by atoms with Crippen LogP contribution < -0.4 is 0 Å². The lowest BCUT2D eigenvalue weighted by Crippen LogP contribution is -2.66. The Balaban J connectivity index is 3.27. The molecule has 0 spiro atoms. The van der Waals surface area contributed by atoms with Gasteiger partial charge in [0.1, 0.15) is 6.61 Å². The summed E-state index contributed by atoms with van der Waals surface area (Å²) in [7, 11) is 0.831. The molecule has 5 nitrogen and oxygen atoms in total. The van der Waals surface area contributed by atoms with Crippen molar-refractivity contribution < 1.29 is 32.2 Å². The van der Waals surface area contributed by atoms with Gasteiger partial charge in [-0.2, -0.15) is 13.2 Å². The van der Waals surface area contributed by atoms with Crippen LogP contribution >= 0.6 is 0 Å². The highest BCUT2D eigenvalue weighted by Crippen LogP contribution is 2.41. The number of amides is 1. The molecule has 148 valence electrons. The minimum Gasteiger partial charge on any atom is -0.467 e. The van der Waals surface area contributed by atoms with Crippen molar-refractivity contribution in [3.8, 4) is 0 Å². The Morgan fingerprint density at radius 3 is 2.26 bits per heavy atom. The first-order valence-electron chi connectivity index (χ1n) is 8.09. The summed E-state index contributed by atoms with van der Waals surface area (Å²) in [5, 5.41) is 0. The molecular weight excluding hydrogens is 363 g/mol. The molecule has 1 aromatic rings. The van der Waals surface area contributed by atoms with E-state index in [4.69, 9.17) is 4.74 Å². The molecule has 0 aliphatic rings. The fourth-order valence-electron chi connectivity index (χ4n) is 2.55. The first-order chi connectivity index (χ1) is 12.7. The molecule has 0 radical (unpaired) electrons. The molecule has 1 unspecified atom stereocenters. The molecular formula is C19H22F3NO4. The van der Waals surface area contributed by atoms with Gasteiger partial charge in [-0.05, 0) is 18.4 Å². The fraction of sp³-hybridized carbons (Fsp3) is 0.368. The van der Waals surface area contributed by atoms with Crippen LogP contribution in [0, 0.1) is 0 Å². The first-order valence-corrected chi connectivity index (χ1v) is 8.09. The summed E-state index contributed by atoms with van der Waals surface area (Å²) in [6.45, 7) is 5.95. The maximum Gasteiger partial charge on any atom is 0.422 e. The number of hydrogen-bond acceptors (Lipinski definition) is 4. The van der Waals surface area contributed by atoms with Crippen LogP contribution in [-0.4, -0.2) is 42.3 Å². The van der Waals surface area contributed by atoms with Crippen molar-refractivity contribution in [2.45, 2.75) is 31.2 Å². The number of methoxy groups -OCH3 is 1. The topological polar surface area (TPSA) is 55.8 Å². The van der Waals surface area contributed by atoms with E-state index in [2.05, 4.69) is 17.9 Å². The highest BCUT2D eigenvalue weighted by Gasteiger charge is 2.66. The Morgan fingerprint density at radius 1 is 1.15 bits per heavy atom. The highest BCUT2D eigenvalue weighted by atomic mass is 19.4. The molecule has 0 bridgehead atoms. The molecule has 27 heavy (non-hydrogen) atoms. The molecule has 0 heterocycles. The summed E-state index contributed by atoms with van der Waals surface area (Å²) in [4.78, 5) is 25.0. The number of rotatable bonds is 9.